The van der Waals surface area contributed by atoms with E-state index in [0.717, 1.165) is 37.4 Å². The zero-order valence-electron chi connectivity index (χ0n) is 17.3. The molecule has 3 nitrogen and oxygen atoms in total. The molecule has 0 aliphatic carbocycles. The van der Waals surface area contributed by atoms with Crippen molar-refractivity contribution < 1.29 is 4.74 Å². The Kier molecular flexibility index (Phi) is 7.61. The largest absolute Gasteiger partial charge is 0.378 e. The lowest BCUT2D eigenvalue weighted by molar-refractivity contribution is -0.0722. The van der Waals surface area contributed by atoms with Crippen molar-refractivity contribution in [3.8, 4) is 0 Å². The Labute approximate surface area is 170 Å². The molecule has 1 aromatic carbocycles. The van der Waals surface area contributed by atoms with Crippen molar-refractivity contribution in [3.05, 3.63) is 34.9 Å². The molecular weight excluding hydrogens is 356 g/mol. The second-order valence-corrected chi connectivity index (χ2v) is 9.56. The Morgan fingerprint density at radius 1 is 1.26 bits per heavy atom. The number of ether oxygens (including phenoxy) is 1. The van der Waals surface area contributed by atoms with Gasteiger partial charge in [-0.25, -0.2) is 0 Å². The van der Waals surface area contributed by atoms with Crippen LogP contribution in [-0.4, -0.2) is 50.3 Å². The number of hydrogen-bond acceptors (Lipinski definition) is 3. The molecule has 152 valence electrons. The first-order chi connectivity index (χ1) is 13.0. The van der Waals surface area contributed by atoms with E-state index in [0.29, 0.717) is 18.1 Å². The van der Waals surface area contributed by atoms with Gasteiger partial charge in [-0.3, -0.25) is 0 Å². The molecule has 2 saturated heterocycles. The van der Waals surface area contributed by atoms with Crippen LogP contribution in [0.25, 0.3) is 0 Å². The molecule has 0 radical (unpaired) electrons. The van der Waals surface area contributed by atoms with Crippen LogP contribution in [0.15, 0.2) is 24.3 Å². The van der Waals surface area contributed by atoms with Crippen LogP contribution in [0.3, 0.4) is 0 Å². The van der Waals surface area contributed by atoms with Crippen molar-refractivity contribution >= 4 is 11.6 Å². The summed E-state index contributed by atoms with van der Waals surface area (Å²) in [5.41, 5.74) is 1.58. The summed E-state index contributed by atoms with van der Waals surface area (Å²) in [6, 6.07) is 9.06. The highest BCUT2D eigenvalue weighted by atomic mass is 35.5. The van der Waals surface area contributed by atoms with Crippen molar-refractivity contribution in [3.63, 3.8) is 0 Å². The Morgan fingerprint density at radius 3 is 2.70 bits per heavy atom. The highest BCUT2D eigenvalue weighted by Gasteiger charge is 2.38. The molecule has 2 fully saturated rings. The second kappa shape index (κ2) is 9.73. The lowest BCUT2D eigenvalue weighted by Crippen LogP contribution is -2.44. The van der Waals surface area contributed by atoms with Gasteiger partial charge in [0.25, 0.3) is 0 Å². The van der Waals surface area contributed by atoms with Crippen molar-refractivity contribution in [2.45, 2.75) is 64.5 Å². The molecular formula is C23H37ClN2O. The quantitative estimate of drug-likeness (QED) is 0.722. The number of rotatable bonds is 7. The van der Waals surface area contributed by atoms with Crippen LogP contribution in [0.1, 0.15) is 51.5 Å². The highest BCUT2D eigenvalue weighted by Crippen LogP contribution is 2.42. The number of hydrogen-bond donors (Lipinski definition) is 1. The first kappa shape index (κ1) is 21.1. The summed E-state index contributed by atoms with van der Waals surface area (Å²) < 4.78 is 6.11. The molecule has 1 aromatic rings. The van der Waals surface area contributed by atoms with Crippen molar-refractivity contribution in [1.82, 2.24) is 10.2 Å². The lowest BCUT2D eigenvalue weighted by atomic mass is 9.69. The minimum atomic E-state index is 0.288. The van der Waals surface area contributed by atoms with E-state index in [4.69, 9.17) is 16.3 Å². The van der Waals surface area contributed by atoms with Crippen molar-refractivity contribution in [2.75, 3.05) is 33.3 Å². The first-order valence-electron chi connectivity index (χ1n) is 10.7. The van der Waals surface area contributed by atoms with Crippen molar-refractivity contribution in [2.24, 2.45) is 11.3 Å². The predicted molar refractivity (Wildman–Crippen MR) is 115 cm³/mol. The Bertz CT molecular complexity index is 585. The molecule has 2 aliphatic rings. The zero-order chi connectivity index (χ0) is 19.3. The number of nitrogens with zero attached hydrogens (tertiary/aromatic N) is 1. The third-order valence-corrected chi connectivity index (χ3v) is 7.04. The fraction of sp³-hybridized carbons (Fsp3) is 0.739. The van der Waals surface area contributed by atoms with Crippen LogP contribution in [0, 0.1) is 11.3 Å². The van der Waals surface area contributed by atoms with Crippen LogP contribution in [0.2, 0.25) is 5.02 Å². The summed E-state index contributed by atoms with van der Waals surface area (Å²) in [6.45, 7) is 8.97. The van der Waals surface area contributed by atoms with Crippen LogP contribution in [0.5, 0.6) is 0 Å². The van der Waals surface area contributed by atoms with E-state index < -0.39 is 0 Å². The number of halogens is 1. The summed E-state index contributed by atoms with van der Waals surface area (Å²) in [7, 11) is 2.23. The van der Waals surface area contributed by atoms with E-state index >= 15 is 0 Å². The van der Waals surface area contributed by atoms with Gasteiger partial charge in [0.2, 0.25) is 0 Å². The monoisotopic (exact) mass is 392 g/mol. The van der Waals surface area contributed by atoms with E-state index in [9.17, 15) is 0 Å². The average molecular weight is 393 g/mol. The molecule has 27 heavy (non-hydrogen) atoms. The van der Waals surface area contributed by atoms with Gasteiger partial charge in [-0.15, -0.1) is 0 Å². The highest BCUT2D eigenvalue weighted by molar-refractivity contribution is 6.31. The topological polar surface area (TPSA) is 24.5 Å². The van der Waals surface area contributed by atoms with Crippen molar-refractivity contribution in [1.29, 1.82) is 0 Å². The third-order valence-electron chi connectivity index (χ3n) is 6.67. The standard InChI is InChI=1S/C23H37ClN2O/c1-18(2)22-17-23(11-15-27-22,16-19-6-4-5-7-21(19)24)10-12-25-20-8-13-26(3)14-9-20/h4-7,18,20,22,25H,8-17H2,1-3H3. The van der Waals surface area contributed by atoms with Gasteiger partial charge in [-0.2, -0.15) is 0 Å². The third kappa shape index (κ3) is 5.93. The van der Waals surface area contributed by atoms with E-state index in [1.165, 1.54) is 37.9 Å². The fourth-order valence-electron chi connectivity index (χ4n) is 4.72. The van der Waals surface area contributed by atoms with E-state index in [2.05, 4.69) is 43.2 Å². The average Bonchev–Trinajstić information content (AvgIpc) is 2.65. The number of piperidine rings is 1. The number of likely N-dealkylation sites (tertiary alicyclic amines) is 1. The summed E-state index contributed by atoms with van der Waals surface area (Å²) in [6.07, 6.45) is 7.45. The molecule has 2 aliphatic heterocycles. The minimum absolute atomic E-state index is 0.288. The fourth-order valence-corrected chi connectivity index (χ4v) is 4.92. The van der Waals surface area contributed by atoms with Gasteiger partial charge in [0, 0.05) is 17.7 Å². The zero-order valence-corrected chi connectivity index (χ0v) is 18.1. The van der Waals surface area contributed by atoms with Gasteiger partial charge in [-0.05, 0) is 88.2 Å². The van der Waals surface area contributed by atoms with Gasteiger partial charge in [0.05, 0.1) is 6.10 Å². The van der Waals surface area contributed by atoms with Gasteiger partial charge in [-0.1, -0.05) is 43.6 Å². The molecule has 0 aromatic heterocycles. The van der Waals surface area contributed by atoms with Gasteiger partial charge < -0.3 is 15.0 Å². The molecule has 1 N–H and O–H groups in total. The van der Waals surface area contributed by atoms with Crippen LogP contribution in [0.4, 0.5) is 0 Å². The maximum absolute atomic E-state index is 6.52. The van der Waals surface area contributed by atoms with Crippen LogP contribution < -0.4 is 5.32 Å². The maximum Gasteiger partial charge on any atom is 0.0603 e. The first-order valence-corrected chi connectivity index (χ1v) is 11.1. The molecule has 0 amide bonds. The maximum atomic E-state index is 6.52. The molecule has 2 heterocycles. The molecule has 0 saturated carbocycles. The lowest BCUT2D eigenvalue weighted by Gasteiger charge is -2.43. The summed E-state index contributed by atoms with van der Waals surface area (Å²) in [5, 5.41) is 4.77. The van der Waals surface area contributed by atoms with E-state index in [1.807, 2.05) is 12.1 Å². The molecule has 0 spiro atoms. The van der Waals surface area contributed by atoms with Gasteiger partial charge in [0.15, 0.2) is 0 Å². The van der Waals surface area contributed by atoms with E-state index in [-0.39, 0.29) is 5.41 Å². The summed E-state index contributed by atoms with van der Waals surface area (Å²) >= 11 is 6.52. The SMILES string of the molecule is CC(C)C1CC(CCNC2CCN(C)CC2)(Cc2ccccc2Cl)CCO1. The Hall–Kier alpha value is -0.610. The van der Waals surface area contributed by atoms with Gasteiger partial charge in [0.1, 0.15) is 0 Å². The normalized spacial score (nSPS) is 28.0. The predicted octanol–water partition coefficient (Wildman–Crippen LogP) is 4.78. The molecule has 4 heteroatoms. The smallest absolute Gasteiger partial charge is 0.0603 e. The number of nitrogens with one attached hydrogen (secondary N) is 1. The number of benzene rings is 1. The molecule has 3 rings (SSSR count). The van der Waals surface area contributed by atoms with Crippen LogP contribution in [-0.2, 0) is 11.2 Å². The Morgan fingerprint density at radius 2 is 2.00 bits per heavy atom. The molecule has 0 bridgehead atoms. The van der Waals surface area contributed by atoms with Crippen LogP contribution >= 0.6 is 11.6 Å². The molecule has 2 unspecified atom stereocenters. The molecule has 2 atom stereocenters. The van der Waals surface area contributed by atoms with E-state index in [1.54, 1.807) is 0 Å². The van der Waals surface area contributed by atoms with Gasteiger partial charge >= 0.3 is 0 Å². The summed E-state index contributed by atoms with van der Waals surface area (Å²) in [4.78, 5) is 2.43. The minimum Gasteiger partial charge on any atom is -0.378 e. The Balaban J connectivity index is 1.65. The summed E-state index contributed by atoms with van der Waals surface area (Å²) in [5.74, 6) is 0.567. The second-order valence-electron chi connectivity index (χ2n) is 9.16.